The van der Waals surface area contributed by atoms with Gasteiger partial charge in [-0.3, -0.25) is 4.79 Å². The maximum atomic E-state index is 11.8. The normalized spacial score (nSPS) is 16.8. The lowest BCUT2D eigenvalue weighted by Gasteiger charge is -2.14. The Labute approximate surface area is 204 Å². The van der Waals surface area contributed by atoms with Gasteiger partial charge >= 0.3 is 0 Å². The van der Waals surface area contributed by atoms with Gasteiger partial charge in [-0.05, 0) is 28.5 Å². The summed E-state index contributed by atoms with van der Waals surface area (Å²) in [6, 6.07) is 17.4. The molecule has 0 bridgehead atoms. The number of nitrogens with zero attached hydrogens (tertiary/aromatic N) is 2. The Balaban J connectivity index is 1.48. The molecule has 1 aliphatic heterocycles. The van der Waals surface area contributed by atoms with Crippen LogP contribution in [0.15, 0.2) is 64.8 Å². The van der Waals surface area contributed by atoms with Crippen LogP contribution >= 0.6 is 23.4 Å². The minimum absolute atomic E-state index is 0.209. The summed E-state index contributed by atoms with van der Waals surface area (Å²) in [5.41, 5.74) is 1.62. The molecule has 0 aromatic heterocycles. The fourth-order valence-electron chi connectivity index (χ4n) is 3.41. The number of fused-ring (bicyclic) bond motifs is 1. The van der Waals surface area contributed by atoms with Gasteiger partial charge in [0.25, 0.3) is 0 Å². The molecule has 8 nitrogen and oxygen atoms in total. The lowest BCUT2D eigenvalue weighted by atomic mass is 10.1. The van der Waals surface area contributed by atoms with E-state index < -0.39 is 23.5 Å². The highest BCUT2D eigenvalue weighted by atomic mass is 35.5. The third-order valence-corrected chi connectivity index (χ3v) is 6.34. The molecule has 1 N–H and O–H groups in total. The number of carboxylic acid groups (broad SMARTS) is 1. The fraction of sp³-hybridized carbons (Fsp3) is 0.167. The average Bonchev–Trinajstić information content (AvgIpc) is 3.16. The molecule has 0 radical (unpaired) electrons. The minimum atomic E-state index is -1.30. The summed E-state index contributed by atoms with van der Waals surface area (Å²) in [4.78, 5) is 22.5. The lowest BCUT2D eigenvalue weighted by molar-refractivity contribution is -0.305. The number of thioether (sulfide) groups is 1. The molecule has 4 rings (SSSR count). The number of carbonyl (C=O) groups excluding carboxylic acids is 2. The first-order valence-electron chi connectivity index (χ1n) is 10.2. The van der Waals surface area contributed by atoms with Crippen molar-refractivity contribution in [2.75, 3.05) is 7.11 Å². The molecule has 174 valence electrons. The van der Waals surface area contributed by atoms with Gasteiger partial charge in [0, 0.05) is 18.0 Å². The van der Waals surface area contributed by atoms with E-state index in [2.05, 4.69) is 15.5 Å². The second kappa shape index (κ2) is 10.6. The molecule has 3 aromatic carbocycles. The monoisotopic (exact) mass is 496 g/mol. The molecular formula is C24H19ClN3O5S-. The number of ether oxygens (including phenoxy) is 2. The van der Waals surface area contributed by atoms with Crippen molar-refractivity contribution in [3.63, 3.8) is 0 Å². The van der Waals surface area contributed by atoms with E-state index in [1.165, 1.54) is 13.3 Å². The Morgan fingerprint density at radius 3 is 2.82 bits per heavy atom. The number of aliphatic carboxylic acids is 1. The van der Waals surface area contributed by atoms with Crippen molar-refractivity contribution in [3.05, 3.63) is 70.7 Å². The van der Waals surface area contributed by atoms with Crippen LogP contribution < -0.4 is 19.9 Å². The van der Waals surface area contributed by atoms with E-state index in [-0.39, 0.29) is 5.17 Å². The predicted octanol–water partition coefficient (Wildman–Crippen LogP) is 3.14. The summed E-state index contributed by atoms with van der Waals surface area (Å²) in [5.74, 6) is -0.911. The van der Waals surface area contributed by atoms with Gasteiger partial charge in [-0.2, -0.15) is 5.10 Å². The predicted molar refractivity (Wildman–Crippen MR) is 130 cm³/mol. The number of methoxy groups -OCH3 is 1. The molecule has 3 aromatic rings. The standard InChI is InChI=1S/C24H20ClN3O5S/c1-32-19-10-14(12-26-28-24-27-23(31)20(34-24)11-21(29)30)9-18(25)22(19)33-13-16-7-4-6-15-5-2-3-8-17(15)16/h2-10,12,20H,11,13H2,1H3,(H,29,30)(H,27,28,31)/p-1/b26-12-/t20-/m0/s1. The first kappa shape index (κ1) is 23.6. The molecule has 34 heavy (non-hydrogen) atoms. The molecule has 0 saturated carbocycles. The molecule has 1 aliphatic rings. The van der Waals surface area contributed by atoms with Crippen LogP contribution in [0, 0.1) is 0 Å². The van der Waals surface area contributed by atoms with Gasteiger partial charge in [-0.1, -0.05) is 65.8 Å². The van der Waals surface area contributed by atoms with Gasteiger partial charge in [0.05, 0.1) is 23.6 Å². The Hall–Kier alpha value is -3.56. The summed E-state index contributed by atoms with van der Waals surface area (Å²) in [5, 5.41) is 23.1. The van der Waals surface area contributed by atoms with Gasteiger partial charge in [0.15, 0.2) is 16.7 Å². The van der Waals surface area contributed by atoms with Crippen LogP contribution in [0.3, 0.4) is 0 Å². The first-order valence-corrected chi connectivity index (χ1v) is 11.5. The zero-order chi connectivity index (χ0) is 24.1. The van der Waals surface area contributed by atoms with Crippen LogP contribution in [0.2, 0.25) is 5.02 Å². The number of hydrogen-bond acceptors (Lipinski definition) is 8. The Morgan fingerprint density at radius 2 is 2.03 bits per heavy atom. The number of carbonyl (C=O) groups is 2. The number of carboxylic acids is 1. The number of hydrogen-bond donors (Lipinski definition) is 1. The second-order valence-corrected chi connectivity index (χ2v) is 8.88. The number of nitrogens with one attached hydrogen (secondary N) is 1. The van der Waals surface area contributed by atoms with Gasteiger partial charge < -0.3 is 24.7 Å². The topological polar surface area (TPSA) is 112 Å². The van der Waals surface area contributed by atoms with Crippen LogP contribution in [-0.2, 0) is 16.2 Å². The molecule has 1 amide bonds. The first-order chi connectivity index (χ1) is 16.4. The number of amidine groups is 1. The van der Waals surface area contributed by atoms with E-state index in [4.69, 9.17) is 21.1 Å². The van der Waals surface area contributed by atoms with Crippen LogP contribution in [-0.4, -0.2) is 35.6 Å². The van der Waals surface area contributed by atoms with E-state index >= 15 is 0 Å². The fourth-order valence-corrected chi connectivity index (χ4v) is 4.59. The molecular weight excluding hydrogens is 478 g/mol. The molecule has 0 aliphatic carbocycles. The van der Waals surface area contributed by atoms with Crippen molar-refractivity contribution in [1.82, 2.24) is 5.32 Å². The van der Waals surface area contributed by atoms with Crippen LogP contribution in [0.4, 0.5) is 0 Å². The molecule has 0 spiro atoms. The van der Waals surface area contributed by atoms with Crippen LogP contribution in [0.25, 0.3) is 10.8 Å². The Kier molecular flexibility index (Phi) is 7.34. The summed E-state index contributed by atoms with van der Waals surface area (Å²) < 4.78 is 11.5. The van der Waals surface area contributed by atoms with Crippen molar-refractivity contribution >= 4 is 57.4 Å². The maximum absolute atomic E-state index is 11.8. The van der Waals surface area contributed by atoms with E-state index in [0.717, 1.165) is 28.1 Å². The summed E-state index contributed by atoms with van der Waals surface area (Å²) >= 11 is 7.45. The zero-order valence-electron chi connectivity index (χ0n) is 18.0. The third kappa shape index (κ3) is 5.49. The Bertz CT molecular complexity index is 1310. The molecule has 1 fully saturated rings. The largest absolute Gasteiger partial charge is 0.550 e. The highest BCUT2D eigenvalue weighted by molar-refractivity contribution is 8.15. The third-order valence-electron chi connectivity index (χ3n) is 4.99. The minimum Gasteiger partial charge on any atom is -0.550 e. The quantitative estimate of drug-likeness (QED) is 0.378. The van der Waals surface area contributed by atoms with Crippen molar-refractivity contribution in [2.24, 2.45) is 10.2 Å². The maximum Gasteiger partial charge on any atom is 0.239 e. The van der Waals surface area contributed by atoms with Crippen molar-refractivity contribution in [1.29, 1.82) is 0 Å². The van der Waals surface area contributed by atoms with Crippen molar-refractivity contribution in [3.8, 4) is 11.5 Å². The van der Waals surface area contributed by atoms with E-state index in [9.17, 15) is 14.7 Å². The van der Waals surface area contributed by atoms with Gasteiger partial charge in [0.2, 0.25) is 5.91 Å². The second-order valence-electron chi connectivity index (χ2n) is 7.28. The van der Waals surface area contributed by atoms with Gasteiger partial charge in [-0.15, -0.1) is 5.10 Å². The van der Waals surface area contributed by atoms with Crippen LogP contribution in [0.5, 0.6) is 11.5 Å². The molecule has 10 heteroatoms. The van der Waals surface area contributed by atoms with E-state index in [1.807, 2.05) is 42.5 Å². The molecule has 1 saturated heterocycles. The summed E-state index contributed by atoms with van der Waals surface area (Å²) in [7, 11) is 1.51. The highest BCUT2D eigenvalue weighted by Crippen LogP contribution is 2.37. The number of halogens is 1. The number of amides is 1. The van der Waals surface area contributed by atoms with E-state index in [1.54, 1.807) is 12.1 Å². The van der Waals surface area contributed by atoms with Gasteiger partial charge in [0.1, 0.15) is 6.61 Å². The number of rotatable bonds is 8. The van der Waals surface area contributed by atoms with E-state index in [0.29, 0.717) is 28.7 Å². The Morgan fingerprint density at radius 1 is 1.24 bits per heavy atom. The van der Waals surface area contributed by atoms with Gasteiger partial charge in [-0.25, -0.2) is 0 Å². The van der Waals surface area contributed by atoms with Crippen molar-refractivity contribution in [2.45, 2.75) is 18.3 Å². The smallest absolute Gasteiger partial charge is 0.239 e. The van der Waals surface area contributed by atoms with Crippen LogP contribution in [0.1, 0.15) is 17.5 Å². The lowest BCUT2D eigenvalue weighted by Crippen LogP contribution is -2.31. The molecule has 1 atom stereocenters. The summed E-state index contributed by atoms with van der Waals surface area (Å²) in [6.07, 6.45) is 1.04. The highest BCUT2D eigenvalue weighted by Gasteiger charge is 2.30. The average molecular weight is 497 g/mol. The number of benzene rings is 3. The molecule has 1 heterocycles. The van der Waals surface area contributed by atoms with Crippen molar-refractivity contribution < 1.29 is 24.2 Å². The molecule has 0 unspecified atom stereocenters. The summed E-state index contributed by atoms with van der Waals surface area (Å²) in [6.45, 7) is 0.308. The zero-order valence-corrected chi connectivity index (χ0v) is 19.6. The SMILES string of the molecule is COc1cc(/C=N\N=C2\NC(=O)[C@H](CC(=O)[O-])S2)cc(Cl)c1OCc1cccc2ccccc12.